The first-order chi connectivity index (χ1) is 10.0. The summed E-state index contributed by atoms with van der Waals surface area (Å²) in [6.07, 6.45) is 6.12. The van der Waals surface area contributed by atoms with Crippen molar-refractivity contribution >= 4 is 23.1 Å². The second-order valence-corrected chi connectivity index (χ2v) is 5.54. The average molecular weight is 308 g/mol. The second kappa shape index (κ2) is 5.33. The smallest absolute Gasteiger partial charge is 0.289 e. The summed E-state index contributed by atoms with van der Waals surface area (Å²) < 4.78 is 1.79. The SMILES string of the molecule is Cn1cc(C2CCN(c3ncc([N+](=O)[O-])cc3Cl)C2)cn1. The summed E-state index contributed by atoms with van der Waals surface area (Å²) in [6.45, 7) is 1.61. The number of halogens is 1. The van der Waals surface area contributed by atoms with Crippen LogP contribution in [0.1, 0.15) is 17.9 Å². The zero-order valence-electron chi connectivity index (χ0n) is 11.4. The van der Waals surface area contributed by atoms with Crippen molar-refractivity contribution in [3.8, 4) is 0 Å². The van der Waals surface area contributed by atoms with Crippen molar-refractivity contribution in [1.29, 1.82) is 0 Å². The average Bonchev–Trinajstić information content (AvgIpc) is 3.07. The van der Waals surface area contributed by atoms with Crippen molar-refractivity contribution in [1.82, 2.24) is 14.8 Å². The maximum atomic E-state index is 10.7. The predicted octanol–water partition coefficient (Wildman–Crippen LogP) is 2.37. The van der Waals surface area contributed by atoms with Crippen LogP contribution in [0.4, 0.5) is 11.5 Å². The fourth-order valence-electron chi connectivity index (χ4n) is 2.63. The van der Waals surface area contributed by atoms with E-state index in [1.54, 1.807) is 4.68 Å². The van der Waals surface area contributed by atoms with Crippen LogP contribution >= 0.6 is 11.6 Å². The standard InChI is InChI=1S/C13H14ClN5O2/c1-17-7-10(5-16-17)9-2-3-18(8-9)13-12(14)4-11(6-15-13)19(20)21/h4-7,9H,2-3,8H2,1H3. The zero-order chi connectivity index (χ0) is 15.0. The van der Waals surface area contributed by atoms with Gasteiger partial charge in [0.15, 0.2) is 0 Å². The second-order valence-electron chi connectivity index (χ2n) is 5.14. The monoisotopic (exact) mass is 307 g/mol. The van der Waals surface area contributed by atoms with Crippen molar-refractivity contribution in [2.24, 2.45) is 7.05 Å². The first-order valence-corrected chi connectivity index (χ1v) is 6.96. The molecule has 0 bridgehead atoms. The molecule has 1 atom stereocenters. The Balaban J connectivity index is 1.78. The third-order valence-corrected chi connectivity index (χ3v) is 3.98. The van der Waals surface area contributed by atoms with Crippen molar-refractivity contribution in [2.75, 3.05) is 18.0 Å². The molecule has 0 aliphatic carbocycles. The lowest BCUT2D eigenvalue weighted by Crippen LogP contribution is -2.20. The topological polar surface area (TPSA) is 77.1 Å². The summed E-state index contributed by atoms with van der Waals surface area (Å²) in [6, 6.07) is 1.35. The largest absolute Gasteiger partial charge is 0.355 e. The molecule has 110 valence electrons. The highest BCUT2D eigenvalue weighted by atomic mass is 35.5. The molecule has 0 N–H and O–H groups in total. The quantitative estimate of drug-likeness (QED) is 0.642. The molecule has 1 fully saturated rings. The summed E-state index contributed by atoms with van der Waals surface area (Å²) in [7, 11) is 1.89. The Morgan fingerprint density at radius 2 is 2.29 bits per heavy atom. The fraction of sp³-hybridized carbons (Fsp3) is 0.385. The number of hydrogen-bond acceptors (Lipinski definition) is 5. The van der Waals surface area contributed by atoms with Crippen molar-refractivity contribution in [2.45, 2.75) is 12.3 Å². The summed E-state index contributed by atoms with van der Waals surface area (Å²) in [5.41, 5.74) is 1.10. The van der Waals surface area contributed by atoms with Crippen molar-refractivity contribution < 1.29 is 4.92 Å². The van der Waals surface area contributed by atoms with Crippen molar-refractivity contribution in [3.63, 3.8) is 0 Å². The van der Waals surface area contributed by atoms with Crippen LogP contribution in [0.15, 0.2) is 24.7 Å². The van der Waals surface area contributed by atoms with Crippen molar-refractivity contribution in [3.05, 3.63) is 45.4 Å². The molecule has 8 heteroatoms. The molecule has 0 spiro atoms. The minimum atomic E-state index is -0.495. The number of rotatable bonds is 3. The number of pyridine rings is 1. The zero-order valence-corrected chi connectivity index (χ0v) is 12.2. The number of aryl methyl sites for hydroxylation is 1. The number of nitro groups is 1. The molecule has 1 aliphatic heterocycles. The van der Waals surface area contributed by atoms with Gasteiger partial charge in [0, 0.05) is 38.3 Å². The molecule has 1 saturated heterocycles. The van der Waals surface area contributed by atoms with E-state index in [2.05, 4.69) is 15.0 Å². The molecule has 0 amide bonds. The molecule has 0 aromatic carbocycles. The molecule has 0 radical (unpaired) electrons. The van der Waals surface area contributed by atoms with E-state index >= 15 is 0 Å². The molecule has 1 unspecified atom stereocenters. The van der Waals surface area contributed by atoms with Crippen LogP contribution in [-0.4, -0.2) is 32.8 Å². The van der Waals surface area contributed by atoms with Crippen LogP contribution in [-0.2, 0) is 7.05 Å². The van der Waals surface area contributed by atoms with Gasteiger partial charge < -0.3 is 4.90 Å². The Hall–Kier alpha value is -2.15. The Kier molecular flexibility index (Phi) is 3.50. The molecule has 21 heavy (non-hydrogen) atoms. The number of nitrogens with zero attached hydrogens (tertiary/aromatic N) is 5. The maximum absolute atomic E-state index is 10.7. The van der Waals surface area contributed by atoms with Gasteiger partial charge in [-0.1, -0.05) is 11.6 Å². The van der Waals surface area contributed by atoms with Crippen LogP contribution in [0, 0.1) is 10.1 Å². The lowest BCUT2D eigenvalue weighted by molar-refractivity contribution is -0.385. The highest BCUT2D eigenvalue weighted by Gasteiger charge is 2.27. The van der Waals surface area contributed by atoms with E-state index in [4.69, 9.17) is 11.6 Å². The van der Waals surface area contributed by atoms with Gasteiger partial charge in [0.25, 0.3) is 5.69 Å². The van der Waals surface area contributed by atoms with Gasteiger partial charge >= 0.3 is 0 Å². The van der Waals surface area contributed by atoms with Crippen LogP contribution < -0.4 is 4.90 Å². The number of aromatic nitrogens is 3. The van der Waals surface area contributed by atoms with Gasteiger partial charge in [0.1, 0.15) is 12.0 Å². The third kappa shape index (κ3) is 2.69. The number of hydrogen-bond donors (Lipinski definition) is 0. The van der Waals surface area contributed by atoms with E-state index in [1.165, 1.54) is 17.8 Å². The summed E-state index contributed by atoms with van der Waals surface area (Å²) in [5, 5.41) is 15.2. The third-order valence-electron chi connectivity index (χ3n) is 3.70. The minimum absolute atomic E-state index is 0.0910. The summed E-state index contributed by atoms with van der Waals surface area (Å²) in [4.78, 5) is 16.4. The molecule has 1 aliphatic rings. The molecule has 0 saturated carbocycles. The van der Waals surface area contributed by atoms with Gasteiger partial charge in [-0.25, -0.2) is 4.98 Å². The van der Waals surface area contributed by atoms with E-state index in [0.717, 1.165) is 19.5 Å². The lowest BCUT2D eigenvalue weighted by Gasteiger charge is -2.18. The Morgan fingerprint density at radius 3 is 2.90 bits per heavy atom. The highest BCUT2D eigenvalue weighted by molar-refractivity contribution is 6.33. The van der Waals surface area contributed by atoms with Gasteiger partial charge in [0.05, 0.1) is 16.1 Å². The van der Waals surface area contributed by atoms with Gasteiger partial charge in [-0.15, -0.1) is 0 Å². The molecule has 7 nitrogen and oxygen atoms in total. The van der Waals surface area contributed by atoms with E-state index in [9.17, 15) is 10.1 Å². The highest BCUT2D eigenvalue weighted by Crippen LogP contribution is 2.34. The predicted molar refractivity (Wildman–Crippen MR) is 78.7 cm³/mol. The van der Waals surface area contributed by atoms with Crippen LogP contribution in [0.5, 0.6) is 0 Å². The first kappa shape index (κ1) is 13.8. The molecular formula is C13H14ClN5O2. The van der Waals surface area contributed by atoms with Crippen LogP contribution in [0.2, 0.25) is 5.02 Å². The Bertz CT molecular complexity index is 687. The summed E-state index contributed by atoms with van der Waals surface area (Å²) >= 11 is 6.13. The molecule has 3 rings (SSSR count). The molecule has 3 heterocycles. The van der Waals surface area contributed by atoms with Gasteiger partial charge in [-0.2, -0.15) is 5.10 Å². The van der Waals surface area contributed by atoms with Crippen LogP contribution in [0.3, 0.4) is 0 Å². The minimum Gasteiger partial charge on any atom is -0.355 e. The van der Waals surface area contributed by atoms with Crippen LogP contribution in [0.25, 0.3) is 0 Å². The molecule has 2 aromatic rings. The lowest BCUT2D eigenvalue weighted by atomic mass is 10.0. The number of anilines is 1. The van der Waals surface area contributed by atoms with E-state index in [-0.39, 0.29) is 5.69 Å². The normalized spacial score (nSPS) is 18.2. The van der Waals surface area contributed by atoms with E-state index in [0.29, 0.717) is 16.8 Å². The maximum Gasteiger partial charge on any atom is 0.289 e. The first-order valence-electron chi connectivity index (χ1n) is 6.58. The Labute approximate surface area is 126 Å². The van der Waals surface area contributed by atoms with Gasteiger partial charge in [0.2, 0.25) is 0 Å². The summed E-state index contributed by atoms with van der Waals surface area (Å²) in [5.74, 6) is 0.986. The molecule has 2 aromatic heterocycles. The van der Waals surface area contributed by atoms with Gasteiger partial charge in [-0.05, 0) is 12.0 Å². The Morgan fingerprint density at radius 1 is 1.48 bits per heavy atom. The van der Waals surface area contributed by atoms with E-state index < -0.39 is 4.92 Å². The van der Waals surface area contributed by atoms with Gasteiger partial charge in [-0.3, -0.25) is 14.8 Å². The van der Waals surface area contributed by atoms with E-state index in [1.807, 2.05) is 19.4 Å². The fourth-order valence-corrected chi connectivity index (χ4v) is 2.91. The molecular weight excluding hydrogens is 294 g/mol.